The molecule has 1 aliphatic heterocycles. The molecule has 0 bridgehead atoms. The van der Waals surface area contributed by atoms with Crippen LogP contribution in [0.25, 0.3) is 11.5 Å². The number of benzene rings is 1. The summed E-state index contributed by atoms with van der Waals surface area (Å²) in [6, 6.07) is 8.43. The fourth-order valence-corrected chi connectivity index (χ4v) is 3.47. The number of hydrogen-bond donors (Lipinski definition) is 2. The van der Waals surface area contributed by atoms with Crippen molar-refractivity contribution < 1.29 is 13.9 Å². The summed E-state index contributed by atoms with van der Waals surface area (Å²) in [5.74, 6) is 1.95. The fourth-order valence-electron chi connectivity index (χ4n) is 3.47. The number of H-pyrrole nitrogens is 1. The number of tetrazole rings is 1. The topological polar surface area (TPSA) is 133 Å². The summed E-state index contributed by atoms with van der Waals surface area (Å²) in [6.45, 7) is 0. The summed E-state index contributed by atoms with van der Waals surface area (Å²) in [5, 5.41) is 21.6. The lowest BCUT2D eigenvalue weighted by Crippen LogP contribution is -2.29. The van der Waals surface area contributed by atoms with Crippen LogP contribution >= 0.6 is 0 Å². The molecule has 29 heavy (non-hydrogen) atoms. The fraction of sp³-hybridized carbons (Fsp3) is 0.167. The monoisotopic (exact) mass is 393 g/mol. The highest BCUT2D eigenvalue weighted by Crippen LogP contribution is 2.42. The second-order valence-corrected chi connectivity index (χ2v) is 6.26. The molecule has 2 N–H and O–H groups in total. The van der Waals surface area contributed by atoms with E-state index in [9.17, 15) is 4.79 Å². The molecule has 3 aromatic heterocycles. The zero-order valence-electron chi connectivity index (χ0n) is 15.4. The Morgan fingerprint density at radius 3 is 2.79 bits per heavy atom. The van der Waals surface area contributed by atoms with E-state index < -0.39 is 11.6 Å². The van der Waals surface area contributed by atoms with Crippen molar-refractivity contribution in [3.05, 3.63) is 58.1 Å². The summed E-state index contributed by atoms with van der Waals surface area (Å²) in [7, 11) is 3.12. The Labute approximate surface area is 163 Å². The minimum Gasteiger partial charge on any atom is -0.493 e. The predicted molar refractivity (Wildman–Crippen MR) is 100 cm³/mol. The molecule has 0 fully saturated rings. The van der Waals surface area contributed by atoms with Crippen molar-refractivity contribution in [1.82, 2.24) is 30.4 Å². The summed E-state index contributed by atoms with van der Waals surface area (Å²) in [6.07, 6.45) is 1.54. The SMILES string of the molecule is COc1ccc([C@@H]2c3c(-c4ccco4)n[nH]c(=O)c3Nc3nnnn32)cc1OC. The van der Waals surface area contributed by atoms with Crippen LogP contribution in [0.4, 0.5) is 11.6 Å². The molecule has 0 unspecified atom stereocenters. The first kappa shape index (κ1) is 17.0. The van der Waals surface area contributed by atoms with Crippen molar-refractivity contribution in [3.63, 3.8) is 0 Å². The Morgan fingerprint density at radius 2 is 2.03 bits per heavy atom. The normalized spacial score (nSPS) is 14.6. The van der Waals surface area contributed by atoms with Crippen LogP contribution in [0.5, 0.6) is 11.5 Å². The lowest BCUT2D eigenvalue weighted by molar-refractivity contribution is 0.354. The van der Waals surface area contributed by atoms with E-state index in [1.807, 2.05) is 12.1 Å². The molecule has 0 radical (unpaired) electrons. The molecular formula is C18H15N7O4. The minimum atomic E-state index is -0.550. The van der Waals surface area contributed by atoms with Gasteiger partial charge in [-0.2, -0.15) is 9.78 Å². The molecule has 0 saturated heterocycles. The van der Waals surface area contributed by atoms with Gasteiger partial charge in [0.1, 0.15) is 17.4 Å². The number of furan rings is 1. The largest absolute Gasteiger partial charge is 0.493 e. The van der Waals surface area contributed by atoms with Crippen molar-refractivity contribution in [2.45, 2.75) is 6.04 Å². The smallest absolute Gasteiger partial charge is 0.288 e. The van der Waals surface area contributed by atoms with Crippen LogP contribution in [0.15, 0.2) is 45.8 Å². The van der Waals surface area contributed by atoms with E-state index in [0.717, 1.165) is 5.56 Å². The highest BCUT2D eigenvalue weighted by Gasteiger charge is 2.35. The van der Waals surface area contributed by atoms with Crippen LogP contribution in [0, 0.1) is 0 Å². The Bertz CT molecular complexity index is 1250. The molecular weight excluding hydrogens is 378 g/mol. The summed E-state index contributed by atoms with van der Waals surface area (Å²) < 4.78 is 17.9. The van der Waals surface area contributed by atoms with Gasteiger partial charge in [0.15, 0.2) is 17.3 Å². The van der Waals surface area contributed by atoms with Gasteiger partial charge < -0.3 is 19.2 Å². The van der Waals surface area contributed by atoms with Gasteiger partial charge in [-0.15, -0.1) is 0 Å². The van der Waals surface area contributed by atoms with E-state index in [4.69, 9.17) is 13.9 Å². The van der Waals surface area contributed by atoms with E-state index in [-0.39, 0.29) is 0 Å². The molecule has 0 spiro atoms. The van der Waals surface area contributed by atoms with Crippen molar-refractivity contribution >= 4 is 11.6 Å². The van der Waals surface area contributed by atoms with Crippen LogP contribution < -0.4 is 20.3 Å². The van der Waals surface area contributed by atoms with Gasteiger partial charge in [-0.05, 0) is 40.3 Å². The number of aromatic amines is 1. The number of nitrogens with zero attached hydrogens (tertiary/aromatic N) is 5. The van der Waals surface area contributed by atoms with Crippen LogP contribution in [0.3, 0.4) is 0 Å². The van der Waals surface area contributed by atoms with Crippen molar-refractivity contribution in [1.29, 1.82) is 0 Å². The number of ether oxygens (including phenoxy) is 2. The quantitative estimate of drug-likeness (QED) is 0.468. The number of hydrogen-bond acceptors (Lipinski definition) is 9. The van der Waals surface area contributed by atoms with Gasteiger partial charge in [0, 0.05) is 5.56 Å². The van der Waals surface area contributed by atoms with Crippen molar-refractivity contribution in [3.8, 4) is 23.0 Å². The van der Waals surface area contributed by atoms with E-state index in [0.29, 0.717) is 40.2 Å². The second kappa shape index (κ2) is 6.48. The third-order valence-electron chi connectivity index (χ3n) is 4.75. The highest BCUT2D eigenvalue weighted by molar-refractivity contribution is 5.73. The van der Waals surface area contributed by atoms with Crippen molar-refractivity contribution in [2.75, 3.05) is 19.5 Å². The molecule has 0 saturated carbocycles. The first-order valence-electron chi connectivity index (χ1n) is 8.64. The molecule has 11 nitrogen and oxygen atoms in total. The average molecular weight is 393 g/mol. The molecule has 4 heterocycles. The van der Waals surface area contributed by atoms with Gasteiger partial charge >= 0.3 is 0 Å². The van der Waals surface area contributed by atoms with E-state index in [2.05, 4.69) is 31.0 Å². The molecule has 0 amide bonds. The molecule has 1 atom stereocenters. The van der Waals surface area contributed by atoms with E-state index in [1.54, 1.807) is 43.4 Å². The number of nitrogens with one attached hydrogen (secondary N) is 2. The second-order valence-electron chi connectivity index (χ2n) is 6.26. The molecule has 1 aromatic carbocycles. The van der Waals surface area contributed by atoms with Crippen molar-refractivity contribution in [2.24, 2.45) is 0 Å². The lowest BCUT2D eigenvalue weighted by atomic mass is 9.94. The first-order valence-corrected chi connectivity index (χ1v) is 8.64. The highest BCUT2D eigenvalue weighted by atomic mass is 16.5. The maximum atomic E-state index is 12.6. The van der Waals surface area contributed by atoms with Crippen LogP contribution in [-0.4, -0.2) is 44.6 Å². The van der Waals surface area contributed by atoms with Gasteiger partial charge in [-0.25, -0.2) is 5.10 Å². The first-order chi connectivity index (χ1) is 14.2. The molecule has 11 heteroatoms. The molecule has 5 rings (SSSR count). The zero-order valence-corrected chi connectivity index (χ0v) is 15.4. The molecule has 4 aromatic rings. The number of aromatic nitrogens is 6. The zero-order chi connectivity index (χ0) is 20.0. The Balaban J connectivity index is 1.80. The average Bonchev–Trinajstić information content (AvgIpc) is 3.44. The summed E-state index contributed by atoms with van der Waals surface area (Å²) >= 11 is 0. The summed E-state index contributed by atoms with van der Waals surface area (Å²) in [4.78, 5) is 12.6. The van der Waals surface area contributed by atoms with Gasteiger partial charge in [-0.3, -0.25) is 4.79 Å². The maximum Gasteiger partial charge on any atom is 0.288 e. The predicted octanol–water partition coefficient (Wildman–Crippen LogP) is 1.73. The molecule has 0 aliphatic carbocycles. The standard InChI is InChI=1S/C18H15N7O4/c1-27-10-6-5-9(8-12(10)28-2)16-13-14(11-4-3-7-29-11)20-21-17(26)15(13)19-18-22-23-24-25(16)18/h3-8,16H,1-2H3,(H,21,26)(H,19,22,24)/t16-/m1/s1. The van der Waals surface area contributed by atoms with Gasteiger partial charge in [-0.1, -0.05) is 11.2 Å². The lowest BCUT2D eigenvalue weighted by Gasteiger charge is -2.27. The van der Waals surface area contributed by atoms with Gasteiger partial charge in [0.05, 0.1) is 20.5 Å². The molecule has 1 aliphatic rings. The number of anilines is 2. The number of fused-ring (bicyclic) bond motifs is 2. The van der Waals surface area contributed by atoms with E-state index >= 15 is 0 Å². The van der Waals surface area contributed by atoms with Crippen LogP contribution in [0.1, 0.15) is 17.2 Å². The Hall–Kier alpha value is -4.15. The van der Waals surface area contributed by atoms with Crippen LogP contribution in [0.2, 0.25) is 0 Å². The van der Waals surface area contributed by atoms with Crippen LogP contribution in [-0.2, 0) is 0 Å². The number of methoxy groups -OCH3 is 2. The summed E-state index contributed by atoms with van der Waals surface area (Å²) in [5.41, 5.74) is 1.73. The Morgan fingerprint density at radius 1 is 1.17 bits per heavy atom. The third-order valence-corrected chi connectivity index (χ3v) is 4.75. The molecule has 146 valence electrons. The Kier molecular flexibility index (Phi) is 3.79. The maximum absolute atomic E-state index is 12.6. The van der Waals surface area contributed by atoms with Gasteiger partial charge in [0.25, 0.3) is 5.56 Å². The van der Waals surface area contributed by atoms with Gasteiger partial charge in [0.2, 0.25) is 5.95 Å². The third kappa shape index (κ3) is 2.55. The number of rotatable bonds is 4. The minimum absolute atomic E-state index is 0.300. The van der Waals surface area contributed by atoms with E-state index in [1.165, 1.54) is 0 Å².